The molecule has 6 heteroatoms. The number of carbonyl (C=O) groups is 1. The van der Waals surface area contributed by atoms with Crippen molar-refractivity contribution in [2.75, 3.05) is 5.32 Å². The summed E-state index contributed by atoms with van der Waals surface area (Å²) in [4.78, 5) is 12.3. The fourth-order valence-corrected chi connectivity index (χ4v) is 5.20. The summed E-state index contributed by atoms with van der Waals surface area (Å²) in [5.41, 5.74) is 2.47. The Balaban J connectivity index is 1.41. The highest BCUT2D eigenvalue weighted by molar-refractivity contribution is 5.90. The zero-order valence-electron chi connectivity index (χ0n) is 13.6. The molecular formula is C19H19FN2O3. The van der Waals surface area contributed by atoms with Gasteiger partial charge < -0.3 is 15.5 Å². The van der Waals surface area contributed by atoms with Gasteiger partial charge >= 0.3 is 0 Å². The van der Waals surface area contributed by atoms with Gasteiger partial charge in [-0.3, -0.25) is 9.36 Å². The topological polar surface area (TPSA) is 74.5 Å². The van der Waals surface area contributed by atoms with Crippen LogP contribution in [0.5, 0.6) is 11.8 Å². The Morgan fingerprint density at radius 3 is 2.20 bits per heavy atom. The molecule has 3 aliphatic rings. The van der Waals surface area contributed by atoms with Crippen molar-refractivity contribution in [3.05, 3.63) is 41.2 Å². The number of carbonyl (C=O) groups excluding carboxylic acids is 1. The second-order valence-corrected chi connectivity index (χ2v) is 7.53. The summed E-state index contributed by atoms with van der Waals surface area (Å²) in [5, 5.41) is 23.9. The molecule has 25 heavy (non-hydrogen) atoms. The Labute approximate surface area is 144 Å². The van der Waals surface area contributed by atoms with E-state index in [1.807, 2.05) is 0 Å². The number of halogens is 1. The summed E-state index contributed by atoms with van der Waals surface area (Å²) in [6.45, 7) is -0.172. The van der Waals surface area contributed by atoms with Crippen molar-refractivity contribution < 1.29 is 19.4 Å². The first-order valence-corrected chi connectivity index (χ1v) is 8.71. The highest BCUT2D eigenvalue weighted by Crippen LogP contribution is 2.78. The van der Waals surface area contributed by atoms with Crippen LogP contribution in [0, 0.1) is 11.2 Å². The number of hydrogen-bond donors (Lipinski definition) is 3. The van der Waals surface area contributed by atoms with Gasteiger partial charge in [-0.1, -0.05) is 0 Å². The maximum Gasteiger partial charge on any atom is 0.244 e. The zero-order chi connectivity index (χ0) is 17.3. The Hall–Kier alpha value is -2.50. The smallest absolute Gasteiger partial charge is 0.244 e. The summed E-state index contributed by atoms with van der Waals surface area (Å²) in [5.74, 6) is -0.0564. The minimum Gasteiger partial charge on any atom is -0.494 e. The standard InChI is InChI=1S/C19H19FN2O3/c20-10-1-3-11(4-2-10)21-14(23)9-22-17(24)15-12-5-6-13(16(15)18(22)25)19(12)7-8-19/h1-4,12-13,24-25H,5-9H2,(H,21,23). The Bertz CT molecular complexity index is 846. The average Bonchev–Trinajstić information content (AvgIpc) is 3.20. The maximum atomic E-state index is 12.9. The molecule has 2 saturated carbocycles. The van der Waals surface area contributed by atoms with Crippen LogP contribution in [-0.2, 0) is 11.3 Å². The van der Waals surface area contributed by atoms with Gasteiger partial charge in [-0.2, -0.15) is 0 Å². The predicted molar refractivity (Wildman–Crippen MR) is 89.2 cm³/mol. The zero-order valence-corrected chi connectivity index (χ0v) is 13.6. The molecule has 1 spiro atoms. The van der Waals surface area contributed by atoms with Gasteiger partial charge in [0.15, 0.2) is 11.8 Å². The van der Waals surface area contributed by atoms with Crippen LogP contribution in [0.1, 0.15) is 48.6 Å². The van der Waals surface area contributed by atoms with Crippen LogP contribution >= 0.6 is 0 Å². The first kappa shape index (κ1) is 14.8. The number of nitrogens with zero attached hydrogens (tertiary/aromatic N) is 1. The highest BCUT2D eigenvalue weighted by Gasteiger charge is 2.66. The average molecular weight is 342 g/mol. The summed E-state index contributed by atoms with van der Waals surface area (Å²) in [6, 6.07) is 5.47. The normalized spacial score (nSPS) is 24.5. The number of fused-ring (bicyclic) bond motifs is 3. The van der Waals surface area contributed by atoms with Gasteiger partial charge in [-0.05, 0) is 67.2 Å². The van der Waals surface area contributed by atoms with E-state index in [0.717, 1.165) is 24.0 Å². The van der Waals surface area contributed by atoms with Gasteiger partial charge in [0, 0.05) is 16.8 Å². The molecule has 1 heterocycles. The maximum absolute atomic E-state index is 12.9. The first-order valence-electron chi connectivity index (χ1n) is 8.71. The Morgan fingerprint density at radius 2 is 1.68 bits per heavy atom. The molecular weight excluding hydrogens is 323 g/mol. The van der Waals surface area contributed by atoms with Crippen LogP contribution in [0.3, 0.4) is 0 Å². The molecule has 2 aromatic rings. The fourth-order valence-electron chi connectivity index (χ4n) is 5.20. The summed E-state index contributed by atoms with van der Waals surface area (Å²) in [6.07, 6.45) is 4.44. The van der Waals surface area contributed by atoms with Crippen molar-refractivity contribution in [2.45, 2.75) is 44.1 Å². The van der Waals surface area contributed by atoms with E-state index < -0.39 is 0 Å². The Morgan fingerprint density at radius 1 is 1.12 bits per heavy atom. The minimum absolute atomic E-state index is 0.0280. The molecule has 5 nitrogen and oxygen atoms in total. The summed E-state index contributed by atoms with van der Waals surface area (Å²) in [7, 11) is 0. The number of nitrogens with one attached hydrogen (secondary N) is 1. The van der Waals surface area contributed by atoms with E-state index in [0.29, 0.717) is 17.5 Å². The summed E-state index contributed by atoms with van der Waals surface area (Å²) < 4.78 is 14.2. The van der Waals surface area contributed by atoms with Crippen LogP contribution in [0.15, 0.2) is 24.3 Å². The molecule has 2 atom stereocenters. The van der Waals surface area contributed by atoms with Crippen molar-refractivity contribution in [3.63, 3.8) is 0 Å². The number of aromatic hydroxyl groups is 2. The van der Waals surface area contributed by atoms with Crippen LogP contribution in [0.25, 0.3) is 0 Å². The van der Waals surface area contributed by atoms with E-state index in [1.54, 1.807) is 0 Å². The van der Waals surface area contributed by atoms with E-state index in [4.69, 9.17) is 0 Å². The third kappa shape index (κ3) is 1.91. The molecule has 0 aliphatic heterocycles. The molecule has 0 radical (unpaired) electrons. The van der Waals surface area contributed by atoms with Crippen molar-refractivity contribution in [1.29, 1.82) is 0 Å². The van der Waals surface area contributed by atoms with Crippen LogP contribution in [-0.4, -0.2) is 20.7 Å². The van der Waals surface area contributed by atoms with Gasteiger partial charge in [0.25, 0.3) is 0 Å². The first-order chi connectivity index (χ1) is 12.0. The van der Waals surface area contributed by atoms with Crippen LogP contribution in [0.4, 0.5) is 10.1 Å². The number of anilines is 1. The Kier molecular flexibility index (Phi) is 2.83. The van der Waals surface area contributed by atoms with Crippen molar-refractivity contribution >= 4 is 11.6 Å². The molecule has 3 aliphatic carbocycles. The largest absolute Gasteiger partial charge is 0.494 e. The lowest BCUT2D eigenvalue weighted by Gasteiger charge is -2.16. The number of amides is 1. The quantitative estimate of drug-likeness (QED) is 0.800. The molecule has 3 N–H and O–H groups in total. The number of hydrogen-bond acceptors (Lipinski definition) is 3. The van der Waals surface area contributed by atoms with Crippen molar-refractivity contribution in [1.82, 2.24) is 4.57 Å². The molecule has 2 fully saturated rings. The predicted octanol–water partition coefficient (Wildman–Crippen LogP) is 3.43. The van der Waals surface area contributed by atoms with Gasteiger partial charge in [-0.25, -0.2) is 4.39 Å². The van der Waals surface area contributed by atoms with Crippen molar-refractivity contribution in [2.24, 2.45) is 5.41 Å². The SMILES string of the molecule is O=C(Cn1c(O)c2c(c1O)C1CCC2C12CC2)Nc1ccc(F)cc1. The molecule has 1 amide bonds. The summed E-state index contributed by atoms with van der Waals surface area (Å²) >= 11 is 0. The minimum atomic E-state index is -0.376. The number of aromatic nitrogens is 1. The lowest BCUT2D eigenvalue weighted by Crippen LogP contribution is -2.19. The monoisotopic (exact) mass is 342 g/mol. The lowest BCUT2D eigenvalue weighted by molar-refractivity contribution is -0.116. The highest BCUT2D eigenvalue weighted by atomic mass is 19.1. The van der Waals surface area contributed by atoms with E-state index in [1.165, 1.54) is 41.7 Å². The second-order valence-electron chi connectivity index (χ2n) is 7.53. The number of rotatable bonds is 3. The fraction of sp³-hybridized carbons (Fsp3) is 0.421. The molecule has 2 unspecified atom stereocenters. The van der Waals surface area contributed by atoms with Crippen LogP contribution in [0.2, 0.25) is 0 Å². The van der Waals surface area contributed by atoms with E-state index >= 15 is 0 Å². The van der Waals surface area contributed by atoms with Gasteiger partial charge in [0.1, 0.15) is 12.4 Å². The van der Waals surface area contributed by atoms with E-state index in [2.05, 4.69) is 5.32 Å². The lowest BCUT2D eigenvalue weighted by atomic mass is 9.91. The molecule has 130 valence electrons. The third-order valence-electron chi connectivity index (χ3n) is 6.37. The number of benzene rings is 1. The van der Waals surface area contributed by atoms with E-state index in [-0.39, 0.29) is 35.4 Å². The van der Waals surface area contributed by atoms with Gasteiger partial charge in [0.2, 0.25) is 5.91 Å². The van der Waals surface area contributed by atoms with E-state index in [9.17, 15) is 19.4 Å². The van der Waals surface area contributed by atoms with Gasteiger partial charge in [0.05, 0.1) is 0 Å². The third-order valence-corrected chi connectivity index (χ3v) is 6.37. The second kappa shape index (κ2) is 4.77. The van der Waals surface area contributed by atoms with Gasteiger partial charge in [-0.15, -0.1) is 0 Å². The molecule has 0 saturated heterocycles. The molecule has 2 bridgehead atoms. The molecule has 5 rings (SSSR count). The van der Waals surface area contributed by atoms with Crippen LogP contribution < -0.4 is 5.32 Å². The molecule has 1 aromatic heterocycles. The van der Waals surface area contributed by atoms with Crippen molar-refractivity contribution in [3.8, 4) is 11.8 Å². The molecule has 1 aromatic carbocycles.